The number of ether oxygens (including phenoxy) is 1. The first-order chi connectivity index (χ1) is 8.49. The fraction of sp³-hybridized carbons (Fsp3) is 0.462. The highest BCUT2D eigenvalue weighted by atomic mass is 16.5. The van der Waals surface area contributed by atoms with Gasteiger partial charge in [0.05, 0.1) is 13.0 Å². The number of nitrogens with two attached hydrogens (primary N) is 1. The SMILES string of the molecule is COc1ccc(C(CN)C(=O)O)cc1CN(C)C. The van der Waals surface area contributed by atoms with Gasteiger partial charge in [-0.2, -0.15) is 0 Å². The Kier molecular flexibility index (Phi) is 5.12. The molecule has 0 aliphatic heterocycles. The number of carboxylic acids is 1. The molecule has 0 aliphatic rings. The van der Waals surface area contributed by atoms with Crippen molar-refractivity contribution in [3.63, 3.8) is 0 Å². The van der Waals surface area contributed by atoms with Crippen LogP contribution in [0.1, 0.15) is 17.0 Å². The Hall–Kier alpha value is -1.59. The van der Waals surface area contributed by atoms with Crippen LogP contribution in [0.3, 0.4) is 0 Å². The third kappa shape index (κ3) is 3.45. The van der Waals surface area contributed by atoms with E-state index < -0.39 is 11.9 Å². The quantitative estimate of drug-likeness (QED) is 0.786. The summed E-state index contributed by atoms with van der Waals surface area (Å²) in [5, 5.41) is 9.10. The normalized spacial score (nSPS) is 12.5. The van der Waals surface area contributed by atoms with Crippen LogP contribution in [0.5, 0.6) is 5.75 Å². The molecule has 1 atom stereocenters. The maximum absolute atomic E-state index is 11.1. The molecular weight excluding hydrogens is 232 g/mol. The molecule has 1 aromatic carbocycles. The van der Waals surface area contributed by atoms with Gasteiger partial charge in [0, 0.05) is 18.7 Å². The molecule has 1 rings (SSSR count). The molecule has 0 heterocycles. The molecule has 0 saturated heterocycles. The van der Waals surface area contributed by atoms with Gasteiger partial charge in [-0.15, -0.1) is 0 Å². The lowest BCUT2D eigenvalue weighted by molar-refractivity contribution is -0.138. The van der Waals surface area contributed by atoms with Gasteiger partial charge in [-0.05, 0) is 31.8 Å². The zero-order valence-electron chi connectivity index (χ0n) is 11.0. The van der Waals surface area contributed by atoms with Crippen LogP contribution < -0.4 is 10.5 Å². The number of carbonyl (C=O) groups is 1. The molecule has 100 valence electrons. The van der Waals surface area contributed by atoms with Crippen molar-refractivity contribution in [3.8, 4) is 5.75 Å². The van der Waals surface area contributed by atoms with Crippen molar-refractivity contribution in [1.29, 1.82) is 0 Å². The van der Waals surface area contributed by atoms with Crippen LogP contribution in [0.25, 0.3) is 0 Å². The lowest BCUT2D eigenvalue weighted by Gasteiger charge is -2.17. The summed E-state index contributed by atoms with van der Waals surface area (Å²) in [6.45, 7) is 0.775. The van der Waals surface area contributed by atoms with Crippen LogP contribution in [-0.4, -0.2) is 43.7 Å². The van der Waals surface area contributed by atoms with Gasteiger partial charge in [0.1, 0.15) is 5.75 Å². The molecule has 5 heteroatoms. The van der Waals surface area contributed by atoms with Crippen molar-refractivity contribution in [3.05, 3.63) is 29.3 Å². The Bertz CT molecular complexity index is 419. The molecule has 0 aliphatic carbocycles. The zero-order valence-corrected chi connectivity index (χ0v) is 11.0. The summed E-state index contributed by atoms with van der Waals surface area (Å²) in [4.78, 5) is 13.1. The first-order valence-electron chi connectivity index (χ1n) is 5.74. The van der Waals surface area contributed by atoms with Crippen LogP contribution in [0.15, 0.2) is 18.2 Å². The molecule has 0 amide bonds. The summed E-state index contributed by atoms with van der Waals surface area (Å²) in [6.07, 6.45) is 0. The van der Waals surface area contributed by atoms with Crippen molar-refractivity contribution in [2.24, 2.45) is 5.73 Å². The summed E-state index contributed by atoms with van der Waals surface area (Å²) in [7, 11) is 5.50. The Morgan fingerprint density at radius 2 is 2.17 bits per heavy atom. The van der Waals surface area contributed by atoms with Crippen LogP contribution in [0.4, 0.5) is 0 Å². The second-order valence-corrected chi connectivity index (χ2v) is 4.44. The second kappa shape index (κ2) is 6.37. The van der Waals surface area contributed by atoms with Crippen molar-refractivity contribution < 1.29 is 14.6 Å². The van der Waals surface area contributed by atoms with Gasteiger partial charge in [0.15, 0.2) is 0 Å². The van der Waals surface area contributed by atoms with Gasteiger partial charge in [-0.3, -0.25) is 4.79 Å². The van der Waals surface area contributed by atoms with E-state index in [-0.39, 0.29) is 6.54 Å². The summed E-state index contributed by atoms with van der Waals surface area (Å²) in [5.74, 6) is -0.816. The minimum Gasteiger partial charge on any atom is -0.496 e. The average molecular weight is 252 g/mol. The molecule has 0 bridgehead atoms. The number of aliphatic carboxylic acids is 1. The van der Waals surface area contributed by atoms with Crippen molar-refractivity contribution in [2.45, 2.75) is 12.5 Å². The van der Waals surface area contributed by atoms with Gasteiger partial charge in [-0.1, -0.05) is 6.07 Å². The predicted molar refractivity (Wildman–Crippen MR) is 69.8 cm³/mol. The molecule has 0 saturated carbocycles. The molecule has 0 aromatic heterocycles. The number of methoxy groups -OCH3 is 1. The van der Waals surface area contributed by atoms with E-state index in [4.69, 9.17) is 15.6 Å². The zero-order chi connectivity index (χ0) is 13.7. The Morgan fingerprint density at radius 3 is 2.61 bits per heavy atom. The molecular formula is C13H20N2O3. The molecule has 0 spiro atoms. The smallest absolute Gasteiger partial charge is 0.312 e. The number of hydrogen-bond donors (Lipinski definition) is 2. The van der Waals surface area contributed by atoms with Crippen LogP contribution >= 0.6 is 0 Å². The highest BCUT2D eigenvalue weighted by Gasteiger charge is 2.19. The fourth-order valence-electron chi connectivity index (χ4n) is 1.86. The number of rotatable bonds is 6. The standard InChI is InChI=1S/C13H20N2O3/c1-15(2)8-10-6-9(4-5-12(10)18-3)11(7-14)13(16)17/h4-6,11H,7-8,14H2,1-3H3,(H,16,17). The van der Waals surface area contributed by atoms with E-state index in [1.807, 2.05) is 25.1 Å². The van der Waals surface area contributed by atoms with Crippen molar-refractivity contribution in [1.82, 2.24) is 4.90 Å². The average Bonchev–Trinajstić information content (AvgIpc) is 2.29. The van der Waals surface area contributed by atoms with E-state index in [1.54, 1.807) is 19.2 Å². The molecule has 0 radical (unpaired) electrons. The van der Waals surface area contributed by atoms with Gasteiger partial charge in [0.2, 0.25) is 0 Å². The van der Waals surface area contributed by atoms with Gasteiger partial charge in [0.25, 0.3) is 0 Å². The van der Waals surface area contributed by atoms with E-state index in [9.17, 15) is 4.79 Å². The minimum absolute atomic E-state index is 0.0864. The predicted octanol–water partition coefficient (Wildman–Crippen LogP) is 0.884. The fourth-order valence-corrected chi connectivity index (χ4v) is 1.86. The maximum atomic E-state index is 11.1. The van der Waals surface area contributed by atoms with E-state index in [0.29, 0.717) is 12.1 Å². The largest absolute Gasteiger partial charge is 0.496 e. The number of carboxylic acid groups (broad SMARTS) is 1. The number of hydrogen-bond acceptors (Lipinski definition) is 4. The number of nitrogens with zero attached hydrogens (tertiary/aromatic N) is 1. The first kappa shape index (κ1) is 14.5. The summed E-state index contributed by atoms with van der Waals surface area (Å²) < 4.78 is 5.27. The Balaban J connectivity index is 3.12. The van der Waals surface area contributed by atoms with E-state index >= 15 is 0 Å². The summed E-state index contributed by atoms with van der Waals surface area (Å²) in [5.41, 5.74) is 7.17. The maximum Gasteiger partial charge on any atom is 0.312 e. The molecule has 5 nitrogen and oxygen atoms in total. The van der Waals surface area contributed by atoms with Gasteiger partial charge in [-0.25, -0.2) is 0 Å². The number of benzene rings is 1. The van der Waals surface area contributed by atoms with E-state index in [2.05, 4.69) is 0 Å². The summed E-state index contributed by atoms with van der Waals surface area (Å²) in [6, 6.07) is 5.40. The highest BCUT2D eigenvalue weighted by molar-refractivity contribution is 5.76. The minimum atomic E-state index is -0.904. The molecule has 1 aromatic rings. The van der Waals surface area contributed by atoms with E-state index in [0.717, 1.165) is 11.3 Å². The monoisotopic (exact) mass is 252 g/mol. The molecule has 0 fully saturated rings. The Labute approximate surface area is 107 Å². The van der Waals surface area contributed by atoms with Crippen LogP contribution in [0, 0.1) is 0 Å². The molecule has 3 N–H and O–H groups in total. The van der Waals surface area contributed by atoms with Crippen LogP contribution in [0.2, 0.25) is 0 Å². The lowest BCUT2D eigenvalue weighted by Crippen LogP contribution is -2.21. The van der Waals surface area contributed by atoms with Gasteiger partial charge < -0.3 is 20.5 Å². The van der Waals surface area contributed by atoms with Crippen molar-refractivity contribution in [2.75, 3.05) is 27.7 Å². The topological polar surface area (TPSA) is 75.8 Å². The third-order valence-electron chi connectivity index (χ3n) is 2.73. The van der Waals surface area contributed by atoms with Gasteiger partial charge >= 0.3 is 5.97 Å². The highest BCUT2D eigenvalue weighted by Crippen LogP contribution is 2.25. The molecule has 18 heavy (non-hydrogen) atoms. The summed E-state index contributed by atoms with van der Waals surface area (Å²) >= 11 is 0. The lowest BCUT2D eigenvalue weighted by atomic mass is 9.97. The van der Waals surface area contributed by atoms with Crippen LogP contribution in [-0.2, 0) is 11.3 Å². The Morgan fingerprint density at radius 1 is 1.50 bits per heavy atom. The van der Waals surface area contributed by atoms with E-state index in [1.165, 1.54) is 0 Å². The third-order valence-corrected chi connectivity index (χ3v) is 2.73. The van der Waals surface area contributed by atoms with Crippen molar-refractivity contribution >= 4 is 5.97 Å². The second-order valence-electron chi connectivity index (χ2n) is 4.44. The first-order valence-corrected chi connectivity index (χ1v) is 5.74. The molecule has 1 unspecified atom stereocenters.